The van der Waals surface area contributed by atoms with Crippen LogP contribution in [0.15, 0.2) is 11.4 Å². The van der Waals surface area contributed by atoms with E-state index >= 15 is 0 Å². The summed E-state index contributed by atoms with van der Waals surface area (Å²) in [5.41, 5.74) is 1.20. The van der Waals surface area contributed by atoms with E-state index in [4.69, 9.17) is 5.11 Å². The molecule has 0 bridgehead atoms. The van der Waals surface area contributed by atoms with E-state index in [1.807, 2.05) is 11.4 Å². The quantitative estimate of drug-likeness (QED) is 0.857. The van der Waals surface area contributed by atoms with Crippen LogP contribution in [0.1, 0.15) is 29.7 Å². The first-order chi connectivity index (χ1) is 10.5. The van der Waals surface area contributed by atoms with Crippen LogP contribution in [0.3, 0.4) is 0 Å². The molecule has 1 N–H and O–H groups in total. The number of amides is 2. The van der Waals surface area contributed by atoms with Gasteiger partial charge in [-0.3, -0.25) is 14.4 Å². The zero-order valence-electron chi connectivity index (χ0n) is 12.6. The number of rotatable bonds is 6. The second-order valence-corrected chi connectivity index (χ2v) is 6.39. The fraction of sp³-hybridized carbons (Fsp3) is 0.533. The Balaban J connectivity index is 1.76. The van der Waals surface area contributed by atoms with E-state index in [2.05, 4.69) is 0 Å². The summed E-state index contributed by atoms with van der Waals surface area (Å²) in [6.45, 7) is 1.50. The van der Waals surface area contributed by atoms with Crippen molar-refractivity contribution in [1.82, 2.24) is 9.80 Å². The third-order valence-electron chi connectivity index (χ3n) is 3.80. The minimum atomic E-state index is -0.935. The van der Waals surface area contributed by atoms with Crippen molar-refractivity contribution in [2.75, 3.05) is 20.1 Å². The van der Waals surface area contributed by atoms with Crippen molar-refractivity contribution in [2.24, 2.45) is 0 Å². The van der Waals surface area contributed by atoms with E-state index in [9.17, 15) is 14.4 Å². The highest BCUT2D eigenvalue weighted by atomic mass is 32.1. The Morgan fingerprint density at radius 1 is 1.32 bits per heavy atom. The number of nitrogens with zero attached hydrogens (tertiary/aromatic N) is 2. The van der Waals surface area contributed by atoms with Gasteiger partial charge in [0.05, 0.1) is 6.42 Å². The Morgan fingerprint density at radius 3 is 2.82 bits per heavy atom. The number of carboxylic acids is 1. The Bertz CT molecular complexity index is 570. The lowest BCUT2D eigenvalue weighted by molar-refractivity contribution is -0.139. The van der Waals surface area contributed by atoms with Crippen molar-refractivity contribution in [2.45, 2.75) is 32.2 Å². The zero-order chi connectivity index (χ0) is 16.1. The maximum Gasteiger partial charge on any atom is 0.305 e. The van der Waals surface area contributed by atoms with Gasteiger partial charge in [0.15, 0.2) is 0 Å². The van der Waals surface area contributed by atoms with Crippen LogP contribution in [0.4, 0.5) is 0 Å². The van der Waals surface area contributed by atoms with Crippen LogP contribution in [-0.4, -0.2) is 52.8 Å². The summed E-state index contributed by atoms with van der Waals surface area (Å²) in [5.74, 6) is -1.14. The normalized spacial score (nSPS) is 13.6. The van der Waals surface area contributed by atoms with E-state index in [0.717, 1.165) is 6.42 Å². The molecule has 1 aliphatic rings. The fourth-order valence-electron chi connectivity index (χ4n) is 2.41. The van der Waals surface area contributed by atoms with E-state index < -0.39 is 5.97 Å². The molecule has 2 heterocycles. The standard InChI is InChI=1S/C15H20N2O4S/c1-16(7-5-15(20)21)13(18)2-3-14(19)17-8-4-12-11(10-17)6-9-22-12/h6,9H,2-5,7-8,10H2,1H3,(H,20,21). The van der Waals surface area contributed by atoms with Crippen molar-refractivity contribution >= 4 is 29.1 Å². The number of fused-ring (bicyclic) bond motifs is 1. The number of hydrogen-bond acceptors (Lipinski definition) is 4. The van der Waals surface area contributed by atoms with Crippen LogP contribution in [0, 0.1) is 0 Å². The molecule has 6 nitrogen and oxygen atoms in total. The molecule has 0 aromatic carbocycles. The summed E-state index contributed by atoms with van der Waals surface area (Å²) in [5, 5.41) is 10.6. The van der Waals surface area contributed by atoms with E-state index in [1.165, 1.54) is 15.3 Å². The molecule has 0 fully saturated rings. The third kappa shape index (κ3) is 4.30. The average Bonchev–Trinajstić information content (AvgIpc) is 2.97. The van der Waals surface area contributed by atoms with Crippen molar-refractivity contribution in [3.63, 3.8) is 0 Å². The van der Waals surface area contributed by atoms with Crippen molar-refractivity contribution in [1.29, 1.82) is 0 Å². The summed E-state index contributed by atoms with van der Waals surface area (Å²) in [6.07, 6.45) is 1.10. The highest BCUT2D eigenvalue weighted by molar-refractivity contribution is 7.10. The number of carbonyl (C=O) groups is 3. The number of carboxylic acid groups (broad SMARTS) is 1. The molecule has 120 valence electrons. The highest BCUT2D eigenvalue weighted by Gasteiger charge is 2.22. The van der Waals surface area contributed by atoms with Gasteiger partial charge in [-0.1, -0.05) is 0 Å². The zero-order valence-corrected chi connectivity index (χ0v) is 13.4. The van der Waals surface area contributed by atoms with Crippen LogP contribution >= 0.6 is 11.3 Å². The first-order valence-electron chi connectivity index (χ1n) is 7.26. The van der Waals surface area contributed by atoms with Gasteiger partial charge in [-0.05, 0) is 23.4 Å². The molecule has 0 atom stereocenters. The van der Waals surface area contributed by atoms with Gasteiger partial charge in [-0.25, -0.2) is 0 Å². The van der Waals surface area contributed by atoms with Gasteiger partial charge in [-0.15, -0.1) is 11.3 Å². The first-order valence-corrected chi connectivity index (χ1v) is 8.14. The minimum absolute atomic E-state index is 0.0168. The molecule has 0 saturated heterocycles. The molecule has 0 aliphatic carbocycles. The third-order valence-corrected chi connectivity index (χ3v) is 4.82. The molecule has 0 radical (unpaired) electrons. The van der Waals surface area contributed by atoms with Gasteiger partial charge in [0.1, 0.15) is 0 Å². The number of aliphatic carboxylic acids is 1. The summed E-state index contributed by atoms with van der Waals surface area (Å²) >= 11 is 1.72. The van der Waals surface area contributed by atoms with Crippen molar-refractivity contribution < 1.29 is 19.5 Å². The lowest BCUT2D eigenvalue weighted by Gasteiger charge is -2.27. The lowest BCUT2D eigenvalue weighted by atomic mass is 10.1. The van der Waals surface area contributed by atoms with Gasteiger partial charge in [-0.2, -0.15) is 0 Å². The van der Waals surface area contributed by atoms with Gasteiger partial charge in [0.2, 0.25) is 11.8 Å². The molecule has 1 aromatic heterocycles. The molecule has 0 saturated carbocycles. The fourth-order valence-corrected chi connectivity index (χ4v) is 3.30. The predicted molar refractivity (Wildman–Crippen MR) is 82.6 cm³/mol. The SMILES string of the molecule is CN(CCC(=O)O)C(=O)CCC(=O)N1CCc2sccc2C1. The van der Waals surface area contributed by atoms with Crippen LogP contribution in [0.2, 0.25) is 0 Å². The summed E-state index contributed by atoms with van der Waals surface area (Å²) < 4.78 is 0. The monoisotopic (exact) mass is 324 g/mol. The smallest absolute Gasteiger partial charge is 0.305 e. The van der Waals surface area contributed by atoms with Crippen LogP contribution in [-0.2, 0) is 27.3 Å². The van der Waals surface area contributed by atoms with Gasteiger partial charge in [0.25, 0.3) is 0 Å². The second-order valence-electron chi connectivity index (χ2n) is 5.39. The molecular formula is C15H20N2O4S. The number of hydrogen-bond donors (Lipinski definition) is 1. The molecule has 1 aromatic rings. The largest absolute Gasteiger partial charge is 0.481 e. The summed E-state index contributed by atoms with van der Waals surface area (Å²) in [4.78, 5) is 39.0. The van der Waals surface area contributed by atoms with E-state index in [0.29, 0.717) is 13.1 Å². The van der Waals surface area contributed by atoms with Gasteiger partial charge >= 0.3 is 5.97 Å². The minimum Gasteiger partial charge on any atom is -0.481 e. The molecular weight excluding hydrogens is 304 g/mol. The Morgan fingerprint density at radius 2 is 2.09 bits per heavy atom. The van der Waals surface area contributed by atoms with Gasteiger partial charge in [0, 0.05) is 44.4 Å². The van der Waals surface area contributed by atoms with Crippen LogP contribution < -0.4 is 0 Å². The molecule has 22 heavy (non-hydrogen) atoms. The predicted octanol–water partition coefficient (Wildman–Crippen LogP) is 1.35. The number of thiophene rings is 1. The number of carbonyl (C=O) groups excluding carboxylic acids is 2. The van der Waals surface area contributed by atoms with Crippen molar-refractivity contribution in [3.05, 3.63) is 21.9 Å². The van der Waals surface area contributed by atoms with Crippen LogP contribution in [0.25, 0.3) is 0 Å². The van der Waals surface area contributed by atoms with Gasteiger partial charge < -0.3 is 14.9 Å². The van der Waals surface area contributed by atoms with Crippen LogP contribution in [0.5, 0.6) is 0 Å². The maximum atomic E-state index is 12.2. The second kappa shape index (κ2) is 7.40. The van der Waals surface area contributed by atoms with E-state index in [1.54, 1.807) is 23.3 Å². The lowest BCUT2D eigenvalue weighted by Crippen LogP contribution is -2.36. The molecule has 1 aliphatic heterocycles. The highest BCUT2D eigenvalue weighted by Crippen LogP contribution is 2.24. The Labute approximate surface area is 133 Å². The summed E-state index contributed by atoms with van der Waals surface area (Å²) in [6, 6.07) is 2.05. The average molecular weight is 324 g/mol. The molecule has 7 heteroatoms. The molecule has 2 rings (SSSR count). The summed E-state index contributed by atoms with van der Waals surface area (Å²) in [7, 11) is 1.56. The van der Waals surface area contributed by atoms with Crippen molar-refractivity contribution in [3.8, 4) is 0 Å². The van der Waals surface area contributed by atoms with E-state index in [-0.39, 0.29) is 37.6 Å². The topological polar surface area (TPSA) is 77.9 Å². The molecule has 2 amide bonds. The molecule has 0 spiro atoms. The maximum absolute atomic E-state index is 12.2. The Hall–Kier alpha value is -1.89. The first kappa shape index (κ1) is 16.5. The molecule has 0 unspecified atom stereocenters. The Kier molecular flexibility index (Phi) is 5.54.